The number of nitrogens with zero attached hydrogens (tertiary/aromatic N) is 7. The lowest BCUT2D eigenvalue weighted by molar-refractivity contribution is -0.141. The molecule has 4 N–H and O–H groups in total. The Labute approximate surface area is 504 Å². The van der Waals surface area contributed by atoms with E-state index in [-0.39, 0.29) is 137 Å². The number of amides is 1. The summed E-state index contributed by atoms with van der Waals surface area (Å²) in [7, 11) is -1.71. The Morgan fingerprint density at radius 1 is 0.609 bits per heavy atom. The van der Waals surface area contributed by atoms with Crippen molar-refractivity contribution >= 4 is 39.5 Å². The number of nitrogens with one attached hydrogen (secondary N) is 1. The molecule has 31 heteroatoms. The first-order chi connectivity index (χ1) is 41.7. The molecule has 1 aromatic heterocycles. The normalized spacial score (nSPS) is 14.4. The quantitative estimate of drug-likeness (QED) is 0.0590. The number of benzene rings is 2. The molecule has 486 valence electrons. The zero-order chi connectivity index (χ0) is 63.5. The predicted octanol–water partition coefficient (Wildman–Crippen LogP) is 1.88. The number of halogens is 3. The van der Waals surface area contributed by atoms with Gasteiger partial charge in [-0.2, -0.15) is 18.4 Å². The summed E-state index contributed by atoms with van der Waals surface area (Å²) < 4.78 is 126. The number of aryl methyl sites for hydroxylation is 1. The summed E-state index contributed by atoms with van der Waals surface area (Å²) in [6.07, 6.45) is -3.91. The van der Waals surface area contributed by atoms with Crippen LogP contribution in [0.3, 0.4) is 0 Å². The molecule has 4 rings (SSSR count). The lowest BCUT2D eigenvalue weighted by Gasteiger charge is -2.32. The smallest absolute Gasteiger partial charge is 0.433 e. The number of carbonyl (C=O) groups excluding carboxylic acids is 1. The summed E-state index contributed by atoms with van der Waals surface area (Å²) >= 11 is 0. The van der Waals surface area contributed by atoms with E-state index in [0.717, 1.165) is 10.5 Å². The van der Waals surface area contributed by atoms with Crippen molar-refractivity contribution in [1.82, 2.24) is 29.9 Å². The number of carbonyl (C=O) groups is 4. The van der Waals surface area contributed by atoms with Crippen LogP contribution in [0.5, 0.6) is 11.5 Å². The average molecular weight is 1260 g/mol. The van der Waals surface area contributed by atoms with Crippen LogP contribution in [0.25, 0.3) is 11.1 Å². The Morgan fingerprint density at radius 2 is 1.01 bits per heavy atom. The van der Waals surface area contributed by atoms with Crippen LogP contribution in [-0.2, 0) is 73.3 Å². The van der Waals surface area contributed by atoms with Crippen molar-refractivity contribution in [3.8, 4) is 28.7 Å². The third-order valence-electron chi connectivity index (χ3n) is 13.0. The number of nitriles is 1. The average Bonchev–Trinajstić information content (AvgIpc) is 0.842. The van der Waals surface area contributed by atoms with Crippen molar-refractivity contribution in [2.45, 2.75) is 18.0 Å². The minimum atomic E-state index is -4.80. The van der Waals surface area contributed by atoms with Crippen molar-refractivity contribution in [3.63, 3.8) is 0 Å². The second-order valence-electron chi connectivity index (χ2n) is 19.4. The zero-order valence-corrected chi connectivity index (χ0v) is 50.2. The molecule has 0 bridgehead atoms. The Balaban J connectivity index is 0.993. The van der Waals surface area contributed by atoms with E-state index in [1.165, 1.54) is 26.3 Å². The SMILES string of the molecule is COc1ccccc1N(C)S(=O)(=O)c1cc(-c2cnc(C(F)(F)F)cc2C#N)c(C)cc1OCCOCCOCCOCCOCCOCCOCCOCCOCCNC(=O)CN1CCN(CC(=O)O)CCN(CC(=O)O)CCN(CC(=O)O)CC1. The van der Waals surface area contributed by atoms with E-state index in [0.29, 0.717) is 117 Å². The summed E-state index contributed by atoms with van der Waals surface area (Å²) in [5, 5.41) is 40.8. The number of anilines is 1. The van der Waals surface area contributed by atoms with Crippen molar-refractivity contribution in [2.75, 3.05) is 216 Å². The van der Waals surface area contributed by atoms with Crippen LogP contribution in [0.1, 0.15) is 16.8 Å². The number of methoxy groups -OCH3 is 1. The van der Waals surface area contributed by atoms with Gasteiger partial charge in [-0.15, -0.1) is 0 Å². The molecule has 3 aromatic rings. The second kappa shape index (κ2) is 40.2. The largest absolute Gasteiger partial charge is 0.495 e. The topological polar surface area (TPSA) is 320 Å². The second-order valence-corrected chi connectivity index (χ2v) is 21.3. The van der Waals surface area contributed by atoms with Gasteiger partial charge < -0.3 is 68.0 Å². The maximum absolute atomic E-state index is 14.3. The third-order valence-corrected chi connectivity index (χ3v) is 14.8. The van der Waals surface area contributed by atoms with E-state index in [4.69, 9.17) is 47.4 Å². The van der Waals surface area contributed by atoms with Gasteiger partial charge in [0.25, 0.3) is 10.0 Å². The molecular weight excluding hydrogens is 1180 g/mol. The molecule has 1 amide bonds. The number of carboxylic acid groups (broad SMARTS) is 3. The van der Waals surface area contributed by atoms with Gasteiger partial charge in [0.1, 0.15) is 28.7 Å². The number of alkyl halides is 3. The Bertz CT molecular complexity index is 2700. The molecule has 1 fully saturated rings. The molecular formula is C56H81F3N8O19S. The van der Waals surface area contributed by atoms with Gasteiger partial charge in [0, 0.05) is 77.7 Å². The number of ether oxygens (including phenoxy) is 10. The molecule has 27 nitrogen and oxygen atoms in total. The predicted molar refractivity (Wildman–Crippen MR) is 306 cm³/mol. The highest BCUT2D eigenvalue weighted by molar-refractivity contribution is 7.93. The molecule has 87 heavy (non-hydrogen) atoms. The molecule has 0 spiro atoms. The van der Waals surface area contributed by atoms with Gasteiger partial charge in [-0.1, -0.05) is 12.1 Å². The fourth-order valence-electron chi connectivity index (χ4n) is 8.51. The van der Waals surface area contributed by atoms with Crippen molar-refractivity contribution in [2.24, 2.45) is 0 Å². The number of sulfonamides is 1. The maximum Gasteiger partial charge on any atom is 0.433 e. The van der Waals surface area contributed by atoms with Crippen molar-refractivity contribution < 1.29 is 103 Å². The van der Waals surface area contributed by atoms with Gasteiger partial charge in [-0.3, -0.25) is 48.1 Å². The minimum absolute atomic E-state index is 0.00231. The van der Waals surface area contributed by atoms with Gasteiger partial charge in [0.15, 0.2) is 0 Å². The number of hydrogen-bond donors (Lipinski definition) is 4. The summed E-state index contributed by atoms with van der Waals surface area (Å²) in [6, 6.07) is 11.5. The number of carboxylic acids is 3. The van der Waals surface area contributed by atoms with Crippen LogP contribution in [0.2, 0.25) is 0 Å². The summed E-state index contributed by atoms with van der Waals surface area (Å²) in [5.41, 5.74) is -0.837. The highest BCUT2D eigenvalue weighted by Crippen LogP contribution is 2.39. The number of rotatable bonds is 41. The fourth-order valence-corrected chi connectivity index (χ4v) is 9.85. The van der Waals surface area contributed by atoms with Crippen LogP contribution in [0.4, 0.5) is 18.9 Å². The van der Waals surface area contributed by atoms with Crippen LogP contribution in [0, 0.1) is 18.3 Å². The van der Waals surface area contributed by atoms with E-state index in [2.05, 4.69) is 10.3 Å². The van der Waals surface area contributed by atoms with Crippen LogP contribution < -0.4 is 19.1 Å². The molecule has 0 saturated carbocycles. The molecule has 0 atom stereocenters. The molecule has 2 aromatic carbocycles. The molecule has 0 aliphatic carbocycles. The van der Waals surface area contributed by atoms with E-state index < -0.39 is 39.8 Å². The number of aliphatic carboxylic acids is 3. The number of pyridine rings is 1. The van der Waals surface area contributed by atoms with Crippen LogP contribution in [0.15, 0.2) is 53.6 Å². The van der Waals surface area contributed by atoms with Gasteiger partial charge in [-0.25, -0.2) is 8.42 Å². The Hall–Kier alpha value is -6.38. The van der Waals surface area contributed by atoms with E-state index >= 15 is 0 Å². The summed E-state index contributed by atoms with van der Waals surface area (Å²) in [5.74, 6) is -3.16. The third kappa shape index (κ3) is 28.1. The highest BCUT2D eigenvalue weighted by atomic mass is 32.2. The highest BCUT2D eigenvalue weighted by Gasteiger charge is 2.34. The molecule has 1 aliphatic heterocycles. The lowest BCUT2D eigenvalue weighted by Crippen LogP contribution is -2.50. The summed E-state index contributed by atoms with van der Waals surface area (Å²) in [6.45, 7) is 8.22. The van der Waals surface area contributed by atoms with E-state index in [9.17, 15) is 61.3 Å². The molecule has 1 aliphatic rings. The number of para-hydroxylation sites is 2. The maximum atomic E-state index is 14.3. The summed E-state index contributed by atoms with van der Waals surface area (Å²) in [4.78, 5) is 57.4. The van der Waals surface area contributed by atoms with E-state index in [1.807, 2.05) is 4.90 Å². The first kappa shape index (κ1) is 73.1. The number of hydrogen-bond acceptors (Lipinski definition) is 22. The Morgan fingerprint density at radius 3 is 1.41 bits per heavy atom. The lowest BCUT2D eigenvalue weighted by atomic mass is 9.97. The van der Waals surface area contributed by atoms with Crippen molar-refractivity contribution in [1.29, 1.82) is 5.26 Å². The first-order valence-electron chi connectivity index (χ1n) is 28.0. The number of aromatic nitrogens is 1. The molecule has 0 unspecified atom stereocenters. The van der Waals surface area contributed by atoms with Crippen LogP contribution in [-0.4, -0.2) is 284 Å². The van der Waals surface area contributed by atoms with Gasteiger partial charge in [-0.05, 0) is 48.4 Å². The van der Waals surface area contributed by atoms with Gasteiger partial charge >= 0.3 is 24.1 Å². The zero-order valence-electron chi connectivity index (χ0n) is 49.4. The first-order valence-corrected chi connectivity index (χ1v) is 29.5. The monoisotopic (exact) mass is 1260 g/mol. The van der Waals surface area contributed by atoms with Crippen molar-refractivity contribution in [3.05, 3.63) is 65.5 Å². The minimum Gasteiger partial charge on any atom is -0.495 e. The van der Waals surface area contributed by atoms with E-state index in [1.54, 1.807) is 52.0 Å². The molecule has 1 saturated heterocycles. The Kier molecular flexibility index (Phi) is 33.8. The molecule has 2 heterocycles. The van der Waals surface area contributed by atoms with Gasteiger partial charge in [0.2, 0.25) is 5.91 Å². The standard InChI is InChI=1S/C56H81F3N8O19S/c1-43-34-49(50(87(75,76)63(2)47-6-4-5-7-48(47)77-3)36-45(43)46-38-62-51(56(57,58)59)35-44(46)37-60)86-33-32-85-31-30-84-29-28-83-27-26-82-25-24-81-23-22-80-21-20-79-19-18-78-17-8-61-52(68)39-64-9-11-65(40-53(69)70)13-15-67(42-55(73)74)16-14-66(12-10-64)41-54(71)72/h4-7,34-36,38H,8-33,39-42H2,1-3H3,(H,61,68)(H,69,70)(H,71,72)(H,73,74). The van der Waals surface area contributed by atoms with Crippen LogP contribution >= 0.6 is 0 Å². The van der Waals surface area contributed by atoms with Gasteiger partial charge in [0.05, 0.1) is 156 Å². The fraction of sp³-hybridized carbons (Fsp3) is 0.607. The molecule has 0 radical (unpaired) electrons.